The van der Waals surface area contributed by atoms with Gasteiger partial charge in [0.15, 0.2) is 6.61 Å². The highest BCUT2D eigenvalue weighted by atomic mass is 35.5. The van der Waals surface area contributed by atoms with Crippen molar-refractivity contribution < 1.29 is 14.3 Å². The number of carbonyl (C=O) groups excluding carboxylic acids is 2. The van der Waals surface area contributed by atoms with Crippen molar-refractivity contribution in [2.75, 3.05) is 17.3 Å². The zero-order valence-corrected chi connectivity index (χ0v) is 16.9. The lowest BCUT2D eigenvalue weighted by Crippen LogP contribution is -2.41. The molecule has 3 aromatic rings. The molecule has 5 nitrogen and oxygen atoms in total. The second-order valence-electron chi connectivity index (χ2n) is 6.39. The van der Waals surface area contributed by atoms with E-state index < -0.39 is 5.97 Å². The molecule has 0 N–H and O–H groups in total. The van der Waals surface area contributed by atoms with Gasteiger partial charge in [-0.1, -0.05) is 54.1 Å². The van der Waals surface area contributed by atoms with Gasteiger partial charge in [0, 0.05) is 16.8 Å². The van der Waals surface area contributed by atoms with Gasteiger partial charge in [-0.05, 0) is 29.8 Å². The quantitative estimate of drug-likeness (QED) is 0.446. The molecule has 0 spiro atoms. The van der Waals surface area contributed by atoms with Crippen LogP contribution in [0.4, 0.5) is 5.69 Å². The summed E-state index contributed by atoms with van der Waals surface area (Å²) >= 11 is 7.65. The first-order chi connectivity index (χ1) is 14.1. The second-order valence-corrected chi connectivity index (χ2v) is 7.81. The number of pyridine rings is 1. The molecule has 1 atom stereocenters. The number of hydrogen-bond donors (Lipinski definition) is 0. The molecule has 146 valence electrons. The van der Waals surface area contributed by atoms with E-state index >= 15 is 0 Å². The summed E-state index contributed by atoms with van der Waals surface area (Å²) in [6.45, 7) is -0.383. The molecule has 2 heterocycles. The highest BCUT2D eigenvalue weighted by molar-refractivity contribution is 7.99. The van der Waals surface area contributed by atoms with E-state index in [2.05, 4.69) is 4.98 Å². The van der Waals surface area contributed by atoms with Crippen LogP contribution in [0.1, 0.15) is 22.0 Å². The Labute approximate surface area is 177 Å². The van der Waals surface area contributed by atoms with E-state index in [4.69, 9.17) is 16.3 Å². The van der Waals surface area contributed by atoms with Crippen LogP contribution >= 0.6 is 23.4 Å². The number of nitrogens with zero attached hydrogens (tertiary/aromatic N) is 2. The molecule has 0 fully saturated rings. The largest absolute Gasteiger partial charge is 0.452 e. The molecule has 0 aliphatic carbocycles. The molecule has 0 unspecified atom stereocenters. The number of amides is 1. The van der Waals surface area contributed by atoms with Crippen molar-refractivity contribution in [3.05, 3.63) is 89.2 Å². The molecule has 1 aromatic heterocycles. The number of carbonyl (C=O) groups is 2. The fourth-order valence-corrected chi connectivity index (χ4v) is 4.60. The summed E-state index contributed by atoms with van der Waals surface area (Å²) in [6, 6.07) is 20.6. The Kier molecular flexibility index (Phi) is 5.83. The molecule has 0 saturated heterocycles. The summed E-state index contributed by atoms with van der Waals surface area (Å²) < 4.78 is 5.26. The molecule has 1 aliphatic rings. The molecular formula is C22H17ClN2O3S. The van der Waals surface area contributed by atoms with Crippen molar-refractivity contribution in [2.24, 2.45) is 0 Å². The van der Waals surface area contributed by atoms with Crippen LogP contribution in [0, 0.1) is 0 Å². The third-order valence-electron chi connectivity index (χ3n) is 4.59. The summed E-state index contributed by atoms with van der Waals surface area (Å²) in [4.78, 5) is 32.1. The normalized spacial score (nSPS) is 15.5. The predicted molar refractivity (Wildman–Crippen MR) is 113 cm³/mol. The lowest BCUT2D eigenvalue weighted by Gasteiger charge is -2.37. The zero-order chi connectivity index (χ0) is 20.2. The first-order valence-electron chi connectivity index (χ1n) is 9.01. The monoisotopic (exact) mass is 424 g/mol. The number of thioether (sulfide) groups is 1. The number of rotatable bonds is 4. The lowest BCUT2D eigenvalue weighted by molar-refractivity contribution is -0.122. The number of para-hydroxylation sites is 1. The fraction of sp³-hybridized carbons (Fsp3) is 0.136. The SMILES string of the molecule is O=C(OCC(=O)N1c2ccccc2SC[C@H]1c1ccccc1)c1cccnc1Cl. The minimum Gasteiger partial charge on any atom is -0.452 e. The van der Waals surface area contributed by atoms with Gasteiger partial charge in [0.1, 0.15) is 5.15 Å². The van der Waals surface area contributed by atoms with Gasteiger partial charge in [0.2, 0.25) is 0 Å². The third kappa shape index (κ3) is 4.13. The molecule has 0 saturated carbocycles. The average molecular weight is 425 g/mol. The lowest BCUT2D eigenvalue weighted by atomic mass is 10.1. The van der Waals surface area contributed by atoms with E-state index in [0.29, 0.717) is 0 Å². The Morgan fingerprint density at radius 2 is 1.83 bits per heavy atom. The highest BCUT2D eigenvalue weighted by Crippen LogP contribution is 2.43. The van der Waals surface area contributed by atoms with Gasteiger partial charge in [-0.2, -0.15) is 0 Å². The Hall–Kier alpha value is -2.83. The van der Waals surface area contributed by atoms with Gasteiger partial charge in [0.05, 0.1) is 17.3 Å². The minimum atomic E-state index is -0.674. The number of fused-ring (bicyclic) bond motifs is 1. The predicted octanol–water partition coefficient (Wildman–Crippen LogP) is 4.77. The van der Waals surface area contributed by atoms with Gasteiger partial charge in [0.25, 0.3) is 5.91 Å². The number of ether oxygens (including phenoxy) is 1. The molecule has 1 amide bonds. The minimum absolute atomic E-state index is 0.0480. The number of benzene rings is 2. The summed E-state index contributed by atoms with van der Waals surface area (Å²) in [6.07, 6.45) is 1.48. The van der Waals surface area contributed by atoms with Crippen molar-refractivity contribution >= 4 is 40.9 Å². The van der Waals surface area contributed by atoms with Gasteiger partial charge in [-0.15, -0.1) is 11.8 Å². The molecule has 2 aromatic carbocycles. The number of anilines is 1. The highest BCUT2D eigenvalue weighted by Gasteiger charge is 2.33. The van der Waals surface area contributed by atoms with E-state index in [1.54, 1.807) is 22.7 Å². The van der Waals surface area contributed by atoms with Gasteiger partial charge in [-0.25, -0.2) is 9.78 Å². The van der Waals surface area contributed by atoms with Crippen LogP contribution in [-0.2, 0) is 9.53 Å². The van der Waals surface area contributed by atoms with E-state index in [9.17, 15) is 9.59 Å². The molecule has 7 heteroatoms. The van der Waals surface area contributed by atoms with Crippen molar-refractivity contribution in [3.63, 3.8) is 0 Å². The average Bonchev–Trinajstić information content (AvgIpc) is 2.77. The van der Waals surface area contributed by atoms with Crippen LogP contribution in [0.3, 0.4) is 0 Å². The van der Waals surface area contributed by atoms with E-state index in [1.807, 2.05) is 54.6 Å². The van der Waals surface area contributed by atoms with E-state index in [0.717, 1.165) is 21.9 Å². The van der Waals surface area contributed by atoms with Crippen LogP contribution in [0.2, 0.25) is 5.15 Å². The van der Waals surface area contributed by atoms with Gasteiger partial charge < -0.3 is 4.74 Å². The topological polar surface area (TPSA) is 59.5 Å². The molecule has 0 bridgehead atoms. The first-order valence-corrected chi connectivity index (χ1v) is 10.4. The number of aromatic nitrogens is 1. The van der Waals surface area contributed by atoms with Crippen molar-refractivity contribution in [1.29, 1.82) is 0 Å². The maximum atomic E-state index is 13.2. The van der Waals surface area contributed by atoms with Crippen molar-refractivity contribution in [1.82, 2.24) is 4.98 Å². The Morgan fingerprint density at radius 3 is 2.62 bits per heavy atom. The first kappa shape index (κ1) is 19.5. The third-order valence-corrected chi connectivity index (χ3v) is 6.03. The number of esters is 1. The van der Waals surface area contributed by atoms with Crippen molar-refractivity contribution in [3.8, 4) is 0 Å². The van der Waals surface area contributed by atoms with Crippen LogP contribution in [0.15, 0.2) is 77.8 Å². The molecular weight excluding hydrogens is 408 g/mol. The summed E-state index contributed by atoms with van der Waals surface area (Å²) in [5, 5.41) is 0.0480. The van der Waals surface area contributed by atoms with Crippen LogP contribution < -0.4 is 4.90 Å². The Morgan fingerprint density at radius 1 is 1.07 bits per heavy atom. The van der Waals surface area contributed by atoms with E-state index in [1.165, 1.54) is 12.3 Å². The Balaban J connectivity index is 1.58. The van der Waals surface area contributed by atoms with Gasteiger partial charge >= 0.3 is 5.97 Å². The smallest absolute Gasteiger partial charge is 0.341 e. The standard InChI is InChI=1S/C22H17ClN2O3S/c23-21-16(9-6-12-24-21)22(27)28-13-20(26)25-17-10-4-5-11-19(17)29-14-18(25)15-7-2-1-3-8-15/h1-12,18H,13-14H2/t18-/m0/s1. The Bertz CT molecular complexity index is 1040. The zero-order valence-electron chi connectivity index (χ0n) is 15.3. The van der Waals surface area contributed by atoms with Crippen LogP contribution in [0.25, 0.3) is 0 Å². The summed E-state index contributed by atoms with van der Waals surface area (Å²) in [5.74, 6) is -0.248. The molecule has 0 radical (unpaired) electrons. The number of hydrogen-bond acceptors (Lipinski definition) is 5. The summed E-state index contributed by atoms with van der Waals surface area (Å²) in [5.41, 5.74) is 1.98. The van der Waals surface area contributed by atoms with E-state index in [-0.39, 0.29) is 29.3 Å². The fourth-order valence-electron chi connectivity index (χ4n) is 3.23. The maximum absolute atomic E-state index is 13.2. The molecule has 29 heavy (non-hydrogen) atoms. The number of halogens is 1. The molecule has 1 aliphatic heterocycles. The summed E-state index contributed by atoms with van der Waals surface area (Å²) in [7, 11) is 0. The van der Waals surface area contributed by atoms with Crippen LogP contribution in [-0.4, -0.2) is 29.2 Å². The molecule has 4 rings (SSSR count). The second kappa shape index (κ2) is 8.68. The van der Waals surface area contributed by atoms with Crippen LogP contribution in [0.5, 0.6) is 0 Å². The van der Waals surface area contributed by atoms with Crippen molar-refractivity contribution in [2.45, 2.75) is 10.9 Å². The maximum Gasteiger partial charge on any atom is 0.341 e. The van der Waals surface area contributed by atoms with Gasteiger partial charge in [-0.3, -0.25) is 9.69 Å².